The van der Waals surface area contributed by atoms with Crippen LogP contribution in [0.5, 0.6) is 0 Å². The van der Waals surface area contributed by atoms with Gasteiger partial charge in [0.15, 0.2) is 5.11 Å². The van der Waals surface area contributed by atoms with Crippen LogP contribution in [-0.4, -0.2) is 43.2 Å². The van der Waals surface area contributed by atoms with E-state index in [1.807, 2.05) is 0 Å². The summed E-state index contributed by atoms with van der Waals surface area (Å²) < 4.78 is 0. The lowest BCUT2D eigenvalue weighted by molar-refractivity contribution is 0.412. The Bertz CT molecular complexity index is 365. The number of benzene rings is 1. The molecule has 1 atom stereocenters. The minimum Gasteiger partial charge on any atom is -0.361 e. The van der Waals surface area contributed by atoms with Gasteiger partial charge < -0.3 is 15.5 Å². The van der Waals surface area contributed by atoms with Crippen LogP contribution in [-0.2, 0) is 6.42 Å². The van der Waals surface area contributed by atoms with Crippen molar-refractivity contribution in [2.45, 2.75) is 25.8 Å². The minimum absolute atomic E-state index is 0.388. The highest BCUT2D eigenvalue weighted by Crippen LogP contribution is 2.04. The minimum atomic E-state index is 0.388. The molecule has 1 rings (SSSR count). The summed E-state index contributed by atoms with van der Waals surface area (Å²) in [5.41, 5.74) is 1.38. The standard InChI is InChI=1S/C15H25N3S/c1-13(9-10-14-7-5-4-6-8-14)17-15(19)16-11-12-18(2)3/h4-8,13H,9-12H2,1-3H3,(H2,16,17,19)/t13-/m0/s1. The quantitative estimate of drug-likeness (QED) is 0.747. The molecule has 0 heterocycles. The Balaban J connectivity index is 2.16. The van der Waals surface area contributed by atoms with Crippen molar-refractivity contribution < 1.29 is 0 Å². The molecule has 0 aliphatic heterocycles. The maximum atomic E-state index is 5.27. The second-order valence-corrected chi connectivity index (χ2v) is 5.54. The maximum Gasteiger partial charge on any atom is 0.166 e. The van der Waals surface area contributed by atoms with Gasteiger partial charge in [-0.2, -0.15) is 0 Å². The van der Waals surface area contributed by atoms with Crippen molar-refractivity contribution in [2.24, 2.45) is 0 Å². The van der Waals surface area contributed by atoms with Crippen molar-refractivity contribution in [3.05, 3.63) is 35.9 Å². The number of likely N-dealkylation sites (N-methyl/N-ethyl adjacent to an activating group) is 1. The van der Waals surface area contributed by atoms with Crippen LogP contribution >= 0.6 is 12.2 Å². The molecule has 106 valence electrons. The van der Waals surface area contributed by atoms with E-state index in [0.29, 0.717) is 6.04 Å². The first-order chi connectivity index (χ1) is 9.08. The molecule has 2 N–H and O–H groups in total. The highest BCUT2D eigenvalue weighted by molar-refractivity contribution is 7.80. The first-order valence-corrected chi connectivity index (χ1v) is 7.22. The lowest BCUT2D eigenvalue weighted by Crippen LogP contribution is -2.42. The number of nitrogens with one attached hydrogen (secondary N) is 2. The maximum absolute atomic E-state index is 5.27. The first kappa shape index (κ1) is 15.9. The average Bonchev–Trinajstić information content (AvgIpc) is 2.37. The van der Waals surface area contributed by atoms with Gasteiger partial charge in [0.2, 0.25) is 0 Å². The molecule has 0 saturated heterocycles. The molecule has 0 bridgehead atoms. The van der Waals surface area contributed by atoms with Gasteiger partial charge in [-0.05, 0) is 51.6 Å². The van der Waals surface area contributed by atoms with Gasteiger partial charge in [0.1, 0.15) is 0 Å². The molecule has 0 unspecified atom stereocenters. The van der Waals surface area contributed by atoms with Crippen LogP contribution in [0.25, 0.3) is 0 Å². The molecule has 3 nitrogen and oxygen atoms in total. The molecule has 0 aromatic heterocycles. The summed E-state index contributed by atoms with van der Waals surface area (Å²) in [6, 6.07) is 10.9. The number of rotatable bonds is 7. The molecule has 19 heavy (non-hydrogen) atoms. The highest BCUT2D eigenvalue weighted by atomic mass is 32.1. The fourth-order valence-corrected chi connectivity index (χ4v) is 2.07. The Hall–Kier alpha value is -1.13. The van der Waals surface area contributed by atoms with Crippen LogP contribution in [0.2, 0.25) is 0 Å². The molecular weight excluding hydrogens is 254 g/mol. The van der Waals surface area contributed by atoms with Crippen molar-refractivity contribution in [3.8, 4) is 0 Å². The van der Waals surface area contributed by atoms with Gasteiger partial charge in [-0.1, -0.05) is 30.3 Å². The van der Waals surface area contributed by atoms with E-state index in [2.05, 4.69) is 66.9 Å². The van der Waals surface area contributed by atoms with E-state index in [4.69, 9.17) is 12.2 Å². The number of aryl methyl sites for hydroxylation is 1. The topological polar surface area (TPSA) is 27.3 Å². The van der Waals surface area contributed by atoms with E-state index >= 15 is 0 Å². The Morgan fingerprint density at radius 1 is 1.26 bits per heavy atom. The van der Waals surface area contributed by atoms with Gasteiger partial charge >= 0.3 is 0 Å². The van der Waals surface area contributed by atoms with E-state index in [1.165, 1.54) is 5.56 Å². The Kier molecular flexibility index (Phi) is 7.45. The van der Waals surface area contributed by atoms with Gasteiger partial charge in [0.25, 0.3) is 0 Å². The molecule has 4 heteroatoms. The zero-order valence-electron chi connectivity index (χ0n) is 12.1. The second-order valence-electron chi connectivity index (χ2n) is 5.13. The predicted octanol–water partition coefficient (Wildman–Crippen LogP) is 2.03. The van der Waals surface area contributed by atoms with Crippen molar-refractivity contribution in [2.75, 3.05) is 27.2 Å². The third-order valence-electron chi connectivity index (χ3n) is 2.93. The smallest absolute Gasteiger partial charge is 0.166 e. The van der Waals surface area contributed by atoms with Crippen LogP contribution in [0.1, 0.15) is 18.9 Å². The van der Waals surface area contributed by atoms with Gasteiger partial charge in [0, 0.05) is 19.1 Å². The van der Waals surface area contributed by atoms with Crippen LogP contribution in [0.3, 0.4) is 0 Å². The number of hydrogen-bond acceptors (Lipinski definition) is 2. The molecule has 1 aromatic carbocycles. The molecule has 0 amide bonds. The van der Waals surface area contributed by atoms with Crippen molar-refractivity contribution in [1.29, 1.82) is 0 Å². The van der Waals surface area contributed by atoms with Crippen LogP contribution in [0.4, 0.5) is 0 Å². The molecular formula is C15H25N3S. The van der Waals surface area contributed by atoms with Gasteiger partial charge in [-0.25, -0.2) is 0 Å². The molecule has 0 saturated carbocycles. The second kappa shape index (κ2) is 8.88. The summed E-state index contributed by atoms with van der Waals surface area (Å²) in [7, 11) is 4.11. The molecule has 0 fully saturated rings. The summed E-state index contributed by atoms with van der Waals surface area (Å²) in [4.78, 5) is 2.13. The number of thiocarbonyl (C=S) groups is 1. The summed E-state index contributed by atoms with van der Waals surface area (Å²) in [5.74, 6) is 0. The third kappa shape index (κ3) is 7.80. The molecule has 1 aromatic rings. The predicted molar refractivity (Wildman–Crippen MR) is 86.5 cm³/mol. The molecule has 0 radical (unpaired) electrons. The van der Waals surface area contributed by atoms with Crippen LogP contribution in [0.15, 0.2) is 30.3 Å². The normalized spacial score (nSPS) is 12.2. The summed E-state index contributed by atoms with van der Waals surface area (Å²) in [5, 5.41) is 7.30. The molecule has 0 aliphatic rings. The summed E-state index contributed by atoms with van der Waals surface area (Å²) in [6.07, 6.45) is 2.16. The third-order valence-corrected chi connectivity index (χ3v) is 3.19. The van der Waals surface area contributed by atoms with Gasteiger partial charge in [-0.15, -0.1) is 0 Å². The lowest BCUT2D eigenvalue weighted by atomic mass is 10.1. The van der Waals surface area contributed by atoms with E-state index < -0.39 is 0 Å². The van der Waals surface area contributed by atoms with Crippen LogP contribution in [0, 0.1) is 0 Å². The number of hydrogen-bond donors (Lipinski definition) is 2. The SMILES string of the molecule is C[C@@H](CCc1ccccc1)NC(=S)NCCN(C)C. The monoisotopic (exact) mass is 279 g/mol. The lowest BCUT2D eigenvalue weighted by Gasteiger charge is -2.18. The Morgan fingerprint density at radius 3 is 2.58 bits per heavy atom. The largest absolute Gasteiger partial charge is 0.361 e. The zero-order valence-corrected chi connectivity index (χ0v) is 13.0. The Labute approximate surface area is 122 Å². The van der Waals surface area contributed by atoms with E-state index in [-0.39, 0.29) is 0 Å². The zero-order chi connectivity index (χ0) is 14.1. The van der Waals surface area contributed by atoms with Crippen molar-refractivity contribution >= 4 is 17.3 Å². The average molecular weight is 279 g/mol. The fourth-order valence-electron chi connectivity index (χ4n) is 1.77. The Morgan fingerprint density at radius 2 is 1.95 bits per heavy atom. The first-order valence-electron chi connectivity index (χ1n) is 6.81. The summed E-state index contributed by atoms with van der Waals surface area (Å²) >= 11 is 5.27. The molecule has 0 aliphatic carbocycles. The van der Waals surface area contributed by atoms with Crippen molar-refractivity contribution in [3.63, 3.8) is 0 Å². The van der Waals surface area contributed by atoms with E-state index in [9.17, 15) is 0 Å². The van der Waals surface area contributed by atoms with Crippen molar-refractivity contribution in [1.82, 2.24) is 15.5 Å². The van der Waals surface area contributed by atoms with E-state index in [0.717, 1.165) is 31.0 Å². The fraction of sp³-hybridized carbons (Fsp3) is 0.533. The summed E-state index contributed by atoms with van der Waals surface area (Å²) in [6.45, 7) is 4.04. The van der Waals surface area contributed by atoms with Gasteiger partial charge in [0.05, 0.1) is 0 Å². The van der Waals surface area contributed by atoms with Crippen LogP contribution < -0.4 is 10.6 Å². The highest BCUT2D eigenvalue weighted by Gasteiger charge is 2.04. The van der Waals surface area contributed by atoms with Gasteiger partial charge in [-0.3, -0.25) is 0 Å². The molecule has 0 spiro atoms. The van der Waals surface area contributed by atoms with E-state index in [1.54, 1.807) is 0 Å². The number of nitrogens with zero attached hydrogens (tertiary/aromatic N) is 1.